The summed E-state index contributed by atoms with van der Waals surface area (Å²) in [5.41, 5.74) is 1.00. The van der Waals surface area contributed by atoms with Gasteiger partial charge in [-0.05, 0) is 19.8 Å². The molecule has 0 radical (unpaired) electrons. The Hall–Kier alpha value is -1.03. The summed E-state index contributed by atoms with van der Waals surface area (Å²) >= 11 is 0. The van der Waals surface area contributed by atoms with E-state index in [4.69, 9.17) is 9.15 Å². The zero-order valence-electron chi connectivity index (χ0n) is 8.67. The highest BCUT2D eigenvalue weighted by atomic mass is 16.5. The number of hydrogen-bond donors (Lipinski definition) is 1. The second-order valence-corrected chi connectivity index (χ2v) is 3.61. The first-order valence-corrected chi connectivity index (χ1v) is 5.04. The normalized spacial score (nSPS) is 18.4. The van der Waals surface area contributed by atoms with Crippen molar-refractivity contribution < 1.29 is 9.15 Å². The fourth-order valence-electron chi connectivity index (χ4n) is 1.85. The van der Waals surface area contributed by atoms with Gasteiger partial charge >= 0.3 is 0 Å². The van der Waals surface area contributed by atoms with Crippen LogP contribution in [-0.4, -0.2) is 25.2 Å². The first kappa shape index (κ1) is 9.52. The summed E-state index contributed by atoms with van der Waals surface area (Å²) in [7, 11) is 1.82. The molecule has 0 aliphatic carbocycles. The third-order valence-electron chi connectivity index (χ3n) is 2.64. The van der Waals surface area contributed by atoms with Gasteiger partial charge in [-0.25, -0.2) is 0 Å². The van der Waals surface area contributed by atoms with Gasteiger partial charge in [0.1, 0.15) is 5.76 Å². The van der Waals surface area contributed by atoms with Crippen LogP contribution in [0, 0.1) is 6.92 Å². The van der Waals surface area contributed by atoms with Crippen LogP contribution >= 0.6 is 0 Å². The molecule has 1 aromatic heterocycles. The van der Waals surface area contributed by atoms with Crippen LogP contribution in [0.25, 0.3) is 0 Å². The SMILES string of the molecule is CNc1nc(C)c(C2CCOCC2)o1. The van der Waals surface area contributed by atoms with Crippen molar-refractivity contribution in [3.05, 3.63) is 11.5 Å². The fourth-order valence-corrected chi connectivity index (χ4v) is 1.85. The van der Waals surface area contributed by atoms with Gasteiger partial charge in [0.15, 0.2) is 0 Å². The lowest BCUT2D eigenvalue weighted by Crippen LogP contribution is -2.14. The number of aryl methyl sites for hydroxylation is 1. The van der Waals surface area contributed by atoms with Crippen LogP contribution in [0.2, 0.25) is 0 Å². The monoisotopic (exact) mass is 196 g/mol. The maximum atomic E-state index is 5.63. The maximum absolute atomic E-state index is 5.63. The lowest BCUT2D eigenvalue weighted by molar-refractivity contribution is 0.0807. The first-order chi connectivity index (χ1) is 6.81. The van der Waals surface area contributed by atoms with E-state index in [1.807, 2.05) is 14.0 Å². The van der Waals surface area contributed by atoms with E-state index in [1.54, 1.807) is 0 Å². The van der Waals surface area contributed by atoms with E-state index < -0.39 is 0 Å². The molecular weight excluding hydrogens is 180 g/mol. The second kappa shape index (κ2) is 4.00. The zero-order valence-corrected chi connectivity index (χ0v) is 8.67. The number of anilines is 1. The molecule has 0 spiro atoms. The molecule has 0 unspecified atom stereocenters. The van der Waals surface area contributed by atoms with Crippen LogP contribution in [0.3, 0.4) is 0 Å². The van der Waals surface area contributed by atoms with Crippen molar-refractivity contribution in [1.82, 2.24) is 4.98 Å². The predicted molar refractivity (Wildman–Crippen MR) is 53.6 cm³/mol. The van der Waals surface area contributed by atoms with Gasteiger partial charge in [0, 0.05) is 26.2 Å². The number of rotatable bonds is 2. The maximum Gasteiger partial charge on any atom is 0.294 e. The highest BCUT2D eigenvalue weighted by molar-refractivity contribution is 5.26. The molecule has 2 heterocycles. The molecule has 0 saturated carbocycles. The molecule has 4 nitrogen and oxygen atoms in total. The smallest absolute Gasteiger partial charge is 0.294 e. The molecule has 1 saturated heterocycles. The summed E-state index contributed by atoms with van der Waals surface area (Å²) in [4.78, 5) is 4.29. The van der Waals surface area contributed by atoms with Crippen molar-refractivity contribution in [2.45, 2.75) is 25.7 Å². The molecule has 14 heavy (non-hydrogen) atoms. The number of nitrogens with zero attached hydrogens (tertiary/aromatic N) is 1. The number of ether oxygens (including phenoxy) is 1. The van der Waals surface area contributed by atoms with Crippen molar-refractivity contribution in [1.29, 1.82) is 0 Å². The molecule has 1 aliphatic rings. The molecule has 0 aromatic carbocycles. The lowest BCUT2D eigenvalue weighted by Gasteiger charge is -2.20. The molecule has 0 atom stereocenters. The Labute approximate surface area is 83.7 Å². The Morgan fingerprint density at radius 1 is 1.36 bits per heavy atom. The molecule has 78 valence electrons. The van der Waals surface area contributed by atoms with Crippen LogP contribution in [0.4, 0.5) is 6.01 Å². The zero-order chi connectivity index (χ0) is 9.97. The Kier molecular flexibility index (Phi) is 2.72. The molecule has 0 amide bonds. The van der Waals surface area contributed by atoms with E-state index in [9.17, 15) is 0 Å². The van der Waals surface area contributed by atoms with Crippen molar-refractivity contribution in [2.24, 2.45) is 0 Å². The molecule has 1 N–H and O–H groups in total. The number of aromatic nitrogens is 1. The molecule has 1 fully saturated rings. The summed E-state index contributed by atoms with van der Waals surface area (Å²) in [5, 5.41) is 2.92. The van der Waals surface area contributed by atoms with Gasteiger partial charge in [0.2, 0.25) is 0 Å². The van der Waals surface area contributed by atoms with Crippen molar-refractivity contribution in [3.8, 4) is 0 Å². The average Bonchev–Trinajstić information content (AvgIpc) is 2.61. The van der Waals surface area contributed by atoms with Crippen molar-refractivity contribution in [3.63, 3.8) is 0 Å². The van der Waals surface area contributed by atoms with E-state index in [1.165, 1.54) is 0 Å². The minimum Gasteiger partial charge on any atom is -0.428 e. The van der Waals surface area contributed by atoms with Crippen LogP contribution in [0.1, 0.15) is 30.2 Å². The van der Waals surface area contributed by atoms with Gasteiger partial charge in [-0.1, -0.05) is 0 Å². The fraction of sp³-hybridized carbons (Fsp3) is 0.700. The predicted octanol–water partition coefficient (Wildman–Crippen LogP) is 1.92. The van der Waals surface area contributed by atoms with E-state index in [-0.39, 0.29) is 0 Å². The quantitative estimate of drug-likeness (QED) is 0.785. The van der Waals surface area contributed by atoms with Gasteiger partial charge in [-0.2, -0.15) is 4.98 Å². The highest BCUT2D eigenvalue weighted by Gasteiger charge is 2.22. The lowest BCUT2D eigenvalue weighted by atomic mass is 9.96. The largest absolute Gasteiger partial charge is 0.428 e. The second-order valence-electron chi connectivity index (χ2n) is 3.61. The molecule has 1 aromatic rings. The van der Waals surface area contributed by atoms with Crippen molar-refractivity contribution >= 4 is 6.01 Å². The molecule has 0 bridgehead atoms. The van der Waals surface area contributed by atoms with Gasteiger partial charge in [-0.3, -0.25) is 0 Å². The molecule has 4 heteroatoms. The summed E-state index contributed by atoms with van der Waals surface area (Å²) in [5.74, 6) is 1.51. The van der Waals surface area contributed by atoms with Crippen molar-refractivity contribution in [2.75, 3.05) is 25.6 Å². The van der Waals surface area contributed by atoms with E-state index >= 15 is 0 Å². The third kappa shape index (κ3) is 1.75. The number of oxazole rings is 1. The Morgan fingerprint density at radius 3 is 2.64 bits per heavy atom. The summed E-state index contributed by atoms with van der Waals surface area (Å²) in [6.07, 6.45) is 2.08. The first-order valence-electron chi connectivity index (χ1n) is 5.04. The molecular formula is C10H16N2O2. The number of hydrogen-bond acceptors (Lipinski definition) is 4. The highest BCUT2D eigenvalue weighted by Crippen LogP contribution is 2.30. The number of nitrogens with one attached hydrogen (secondary N) is 1. The summed E-state index contributed by atoms with van der Waals surface area (Å²) < 4.78 is 10.9. The van der Waals surface area contributed by atoms with E-state index in [2.05, 4.69) is 10.3 Å². The van der Waals surface area contributed by atoms with Crippen LogP contribution < -0.4 is 5.32 Å². The van der Waals surface area contributed by atoms with Gasteiger partial charge in [0.25, 0.3) is 6.01 Å². The Morgan fingerprint density at radius 2 is 2.07 bits per heavy atom. The average molecular weight is 196 g/mol. The van der Waals surface area contributed by atoms with E-state index in [0.29, 0.717) is 11.9 Å². The van der Waals surface area contributed by atoms with Crippen LogP contribution in [0.5, 0.6) is 0 Å². The van der Waals surface area contributed by atoms with Gasteiger partial charge in [0.05, 0.1) is 5.69 Å². The van der Waals surface area contributed by atoms with Gasteiger partial charge < -0.3 is 14.5 Å². The summed E-state index contributed by atoms with van der Waals surface area (Å²) in [6.45, 7) is 3.66. The standard InChI is InChI=1S/C10H16N2O2/c1-7-9(14-10(11-2)12-7)8-3-5-13-6-4-8/h8H,3-6H2,1-2H3,(H,11,12). The molecule has 2 rings (SSSR count). The van der Waals surface area contributed by atoms with Gasteiger partial charge in [-0.15, -0.1) is 0 Å². The Bertz CT molecular complexity index is 303. The van der Waals surface area contributed by atoms with Crippen LogP contribution in [-0.2, 0) is 4.74 Å². The summed E-state index contributed by atoms with van der Waals surface area (Å²) in [6, 6.07) is 0.615. The Balaban J connectivity index is 2.17. The minimum absolute atomic E-state index is 0.485. The van der Waals surface area contributed by atoms with Crippen LogP contribution in [0.15, 0.2) is 4.42 Å². The third-order valence-corrected chi connectivity index (χ3v) is 2.64. The van der Waals surface area contributed by atoms with E-state index in [0.717, 1.165) is 37.5 Å². The molecule has 1 aliphatic heterocycles. The topological polar surface area (TPSA) is 47.3 Å². The minimum atomic E-state index is 0.485.